The van der Waals surface area contributed by atoms with Crippen LogP contribution < -0.4 is 4.74 Å². The molecule has 0 saturated heterocycles. The van der Waals surface area contributed by atoms with Gasteiger partial charge in [0.25, 0.3) is 0 Å². The highest BCUT2D eigenvalue weighted by Gasteiger charge is 2.13. The molecule has 0 unspecified atom stereocenters. The molecule has 24 heavy (non-hydrogen) atoms. The number of aromatic amines is 2. The summed E-state index contributed by atoms with van der Waals surface area (Å²) in [5, 5.41) is 0. The van der Waals surface area contributed by atoms with E-state index in [0.29, 0.717) is 0 Å². The fourth-order valence-corrected chi connectivity index (χ4v) is 2.99. The van der Waals surface area contributed by atoms with E-state index in [1.807, 2.05) is 24.4 Å². The van der Waals surface area contributed by atoms with Crippen LogP contribution in [-0.2, 0) is 0 Å². The Morgan fingerprint density at radius 3 is 2.83 bits per heavy atom. The van der Waals surface area contributed by atoms with Crippen LogP contribution in [-0.4, -0.2) is 22.8 Å². The van der Waals surface area contributed by atoms with E-state index < -0.39 is 0 Å². The third-order valence-corrected chi connectivity index (χ3v) is 4.34. The molecule has 4 heteroatoms. The summed E-state index contributed by atoms with van der Waals surface area (Å²) in [6, 6.07) is 6.03. The van der Waals surface area contributed by atoms with E-state index in [1.54, 1.807) is 7.11 Å². The minimum Gasteiger partial charge on any atom is -0.494 e. The number of rotatable bonds is 7. The quantitative estimate of drug-likeness (QED) is 0.664. The molecule has 0 fully saturated rings. The van der Waals surface area contributed by atoms with Gasteiger partial charge in [0.2, 0.25) is 0 Å². The molecule has 0 atom stereocenters. The number of hydrogen-bond donors (Lipinski definition) is 2. The van der Waals surface area contributed by atoms with Crippen LogP contribution in [0.1, 0.15) is 45.2 Å². The Labute approximate surface area is 143 Å². The van der Waals surface area contributed by atoms with E-state index in [9.17, 15) is 0 Å². The van der Waals surface area contributed by atoms with Crippen LogP contribution in [0.2, 0.25) is 0 Å². The van der Waals surface area contributed by atoms with E-state index >= 15 is 0 Å². The molecular formula is C20H25N3O. The van der Waals surface area contributed by atoms with Gasteiger partial charge >= 0.3 is 0 Å². The van der Waals surface area contributed by atoms with Gasteiger partial charge in [0.05, 0.1) is 29.9 Å². The third kappa shape index (κ3) is 3.53. The van der Waals surface area contributed by atoms with Crippen molar-refractivity contribution in [3.63, 3.8) is 0 Å². The average Bonchev–Trinajstić information content (AvgIpc) is 3.28. The maximum atomic E-state index is 5.51. The highest BCUT2D eigenvalue weighted by Crippen LogP contribution is 2.30. The van der Waals surface area contributed by atoms with E-state index in [0.717, 1.165) is 40.7 Å². The molecule has 2 N–H and O–H groups in total. The molecule has 0 bridgehead atoms. The first-order valence-electron chi connectivity index (χ1n) is 8.60. The van der Waals surface area contributed by atoms with Gasteiger partial charge in [-0.05, 0) is 49.6 Å². The third-order valence-electron chi connectivity index (χ3n) is 4.34. The van der Waals surface area contributed by atoms with Gasteiger partial charge in [-0.1, -0.05) is 19.8 Å². The molecule has 0 radical (unpaired) electrons. The highest BCUT2D eigenvalue weighted by molar-refractivity contribution is 6.02. The zero-order valence-corrected chi connectivity index (χ0v) is 14.6. The van der Waals surface area contributed by atoms with Crippen LogP contribution in [0.3, 0.4) is 0 Å². The highest BCUT2D eigenvalue weighted by atomic mass is 16.5. The Bertz CT molecular complexity index is 776. The van der Waals surface area contributed by atoms with E-state index in [-0.39, 0.29) is 0 Å². The number of nitrogens with zero attached hydrogens (tertiary/aromatic N) is 1. The second kappa shape index (κ2) is 7.39. The van der Waals surface area contributed by atoms with Crippen molar-refractivity contribution in [1.29, 1.82) is 0 Å². The molecule has 1 aliphatic rings. The lowest BCUT2D eigenvalue weighted by molar-refractivity contribution is 0.414. The van der Waals surface area contributed by atoms with Crippen molar-refractivity contribution in [3.05, 3.63) is 47.4 Å². The number of methoxy groups -OCH3 is 1. The lowest BCUT2D eigenvalue weighted by atomic mass is 10.0. The number of allylic oxidation sites excluding steroid dienone is 2. The minimum atomic E-state index is 0.827. The SMILES string of the molecule is CCCCCC1=C/C(=C/c2[nH]c(-c3ccc[nH]3)cc2OC)N=C1C. The normalized spacial score (nSPS) is 15.7. The van der Waals surface area contributed by atoms with Gasteiger partial charge in [-0.25, -0.2) is 0 Å². The van der Waals surface area contributed by atoms with Crippen molar-refractivity contribution in [1.82, 2.24) is 9.97 Å². The number of unbranched alkanes of at least 4 members (excludes halogenated alkanes) is 2. The van der Waals surface area contributed by atoms with Gasteiger partial charge in [0.15, 0.2) is 0 Å². The lowest BCUT2D eigenvalue weighted by Crippen LogP contribution is -1.92. The predicted octanol–water partition coefficient (Wildman–Crippen LogP) is 5.34. The molecule has 3 heterocycles. The van der Waals surface area contributed by atoms with E-state index in [2.05, 4.69) is 36.0 Å². The van der Waals surface area contributed by atoms with Crippen LogP contribution in [0, 0.1) is 0 Å². The first-order valence-corrected chi connectivity index (χ1v) is 8.60. The minimum absolute atomic E-state index is 0.827. The molecule has 0 amide bonds. The van der Waals surface area contributed by atoms with Gasteiger partial charge in [0.1, 0.15) is 5.75 Å². The van der Waals surface area contributed by atoms with E-state index in [1.165, 1.54) is 24.8 Å². The van der Waals surface area contributed by atoms with Crippen LogP contribution in [0.5, 0.6) is 5.75 Å². The second-order valence-electron chi connectivity index (χ2n) is 6.14. The first kappa shape index (κ1) is 16.4. The molecule has 2 aromatic rings. The number of ether oxygens (including phenoxy) is 1. The molecule has 3 rings (SSSR count). The van der Waals surface area contributed by atoms with Gasteiger partial charge in [0, 0.05) is 18.0 Å². The van der Waals surface area contributed by atoms with E-state index in [4.69, 9.17) is 9.73 Å². The maximum absolute atomic E-state index is 5.51. The summed E-state index contributed by atoms with van der Waals surface area (Å²) in [6.45, 7) is 4.32. The Morgan fingerprint density at radius 1 is 1.25 bits per heavy atom. The summed E-state index contributed by atoms with van der Waals surface area (Å²) in [5.74, 6) is 0.827. The first-order chi connectivity index (χ1) is 11.7. The molecular weight excluding hydrogens is 298 g/mol. The fourth-order valence-electron chi connectivity index (χ4n) is 2.99. The molecule has 0 spiro atoms. The number of aliphatic imine (C=N–C) groups is 1. The zero-order chi connectivity index (χ0) is 16.9. The summed E-state index contributed by atoms with van der Waals surface area (Å²) in [6.07, 6.45) is 11.0. The van der Waals surface area contributed by atoms with Crippen LogP contribution in [0.15, 0.2) is 46.7 Å². The maximum Gasteiger partial charge on any atom is 0.144 e. The summed E-state index contributed by atoms with van der Waals surface area (Å²) in [7, 11) is 1.69. The van der Waals surface area contributed by atoms with Crippen molar-refractivity contribution < 1.29 is 4.74 Å². The molecule has 1 aliphatic heterocycles. The summed E-state index contributed by atoms with van der Waals surface area (Å²) in [4.78, 5) is 11.3. The van der Waals surface area contributed by atoms with Crippen LogP contribution in [0.25, 0.3) is 17.5 Å². The number of nitrogens with one attached hydrogen (secondary N) is 2. The Morgan fingerprint density at radius 2 is 2.12 bits per heavy atom. The van der Waals surface area contributed by atoms with Crippen molar-refractivity contribution in [2.24, 2.45) is 4.99 Å². The topological polar surface area (TPSA) is 53.2 Å². The smallest absolute Gasteiger partial charge is 0.144 e. The Hall–Kier alpha value is -2.49. The standard InChI is InChI=1S/C20H25N3O/c1-4-5-6-8-15-11-16(22-14(15)2)12-19-20(24-3)13-18(23-19)17-9-7-10-21-17/h7,9-13,21,23H,4-6,8H2,1-3H3/b16-12-. The second-order valence-corrected chi connectivity index (χ2v) is 6.14. The molecule has 2 aromatic heterocycles. The number of hydrogen-bond acceptors (Lipinski definition) is 2. The molecule has 126 valence electrons. The number of H-pyrrole nitrogens is 2. The van der Waals surface area contributed by atoms with Gasteiger partial charge in [-0.15, -0.1) is 0 Å². The Kier molecular flexibility index (Phi) is 5.04. The largest absolute Gasteiger partial charge is 0.494 e. The lowest BCUT2D eigenvalue weighted by Gasteiger charge is -2.00. The van der Waals surface area contributed by atoms with Crippen LogP contribution in [0.4, 0.5) is 0 Å². The van der Waals surface area contributed by atoms with Crippen LogP contribution >= 0.6 is 0 Å². The monoisotopic (exact) mass is 323 g/mol. The summed E-state index contributed by atoms with van der Waals surface area (Å²) < 4.78 is 5.51. The van der Waals surface area contributed by atoms with Gasteiger partial charge in [-0.2, -0.15) is 0 Å². The molecule has 0 aromatic carbocycles. The van der Waals surface area contributed by atoms with Crippen molar-refractivity contribution in [2.75, 3.05) is 7.11 Å². The van der Waals surface area contributed by atoms with Gasteiger partial charge in [-0.3, -0.25) is 4.99 Å². The van der Waals surface area contributed by atoms with Gasteiger partial charge < -0.3 is 14.7 Å². The Balaban J connectivity index is 1.83. The summed E-state index contributed by atoms with van der Waals surface area (Å²) >= 11 is 0. The number of aromatic nitrogens is 2. The fraction of sp³-hybridized carbons (Fsp3) is 0.350. The van der Waals surface area contributed by atoms with Crippen molar-refractivity contribution in [3.8, 4) is 17.1 Å². The molecule has 4 nitrogen and oxygen atoms in total. The summed E-state index contributed by atoms with van der Waals surface area (Å²) in [5.41, 5.74) is 6.46. The molecule has 0 saturated carbocycles. The zero-order valence-electron chi connectivity index (χ0n) is 14.6. The van der Waals surface area contributed by atoms with Crippen molar-refractivity contribution >= 4 is 11.8 Å². The van der Waals surface area contributed by atoms with Crippen molar-refractivity contribution in [2.45, 2.75) is 39.5 Å². The predicted molar refractivity (Wildman–Crippen MR) is 100 cm³/mol. The average molecular weight is 323 g/mol. The molecule has 0 aliphatic carbocycles.